The highest BCUT2D eigenvalue weighted by molar-refractivity contribution is 5.80. The van der Waals surface area contributed by atoms with E-state index in [1.54, 1.807) is 24.3 Å². The van der Waals surface area contributed by atoms with Crippen LogP contribution in [-0.2, 0) is 6.18 Å². The molecule has 4 nitrogen and oxygen atoms in total. The predicted octanol–water partition coefficient (Wildman–Crippen LogP) is 5.98. The molecule has 1 atom stereocenters. The smallest absolute Gasteiger partial charge is 0.268 e. The fourth-order valence-electron chi connectivity index (χ4n) is 3.45. The van der Waals surface area contributed by atoms with Gasteiger partial charge in [-0.2, -0.15) is 13.2 Å². The maximum Gasteiger partial charge on any atom is 0.433 e. The monoisotopic (exact) mass is 423 g/mol. The summed E-state index contributed by atoms with van der Waals surface area (Å²) in [6.45, 7) is 4.23. The Bertz CT molecular complexity index is 1280. The van der Waals surface area contributed by atoms with Crippen LogP contribution in [0, 0.1) is 0 Å². The van der Waals surface area contributed by atoms with Crippen LogP contribution in [0.5, 0.6) is 0 Å². The Labute approximate surface area is 177 Å². The molecule has 1 unspecified atom stereocenters. The number of fused-ring (bicyclic) bond motifs is 1. The molecule has 0 saturated heterocycles. The number of alkyl halides is 3. The molecule has 0 bridgehead atoms. The maximum atomic E-state index is 13.3. The molecule has 2 aromatic heterocycles. The predicted molar refractivity (Wildman–Crippen MR) is 114 cm³/mol. The summed E-state index contributed by atoms with van der Waals surface area (Å²) >= 11 is 0. The SMILES string of the molecule is CCC(C)c1ccc(-n2c(-c3ccc(C(F)(F)F)nc3)nc3ccccc3c2=O)cc1. The number of para-hydroxylation sites is 1. The van der Waals surface area contributed by atoms with E-state index in [9.17, 15) is 18.0 Å². The fraction of sp³-hybridized carbons (Fsp3) is 0.208. The minimum Gasteiger partial charge on any atom is -0.268 e. The summed E-state index contributed by atoms with van der Waals surface area (Å²) in [5.74, 6) is 0.611. The van der Waals surface area contributed by atoms with Crippen molar-refractivity contribution in [2.24, 2.45) is 0 Å². The van der Waals surface area contributed by atoms with Gasteiger partial charge in [0.1, 0.15) is 11.5 Å². The van der Waals surface area contributed by atoms with Gasteiger partial charge in [0.2, 0.25) is 0 Å². The highest BCUT2D eigenvalue weighted by atomic mass is 19.4. The van der Waals surface area contributed by atoms with E-state index in [1.807, 2.05) is 24.3 Å². The Hall–Kier alpha value is -3.48. The lowest BCUT2D eigenvalue weighted by molar-refractivity contribution is -0.141. The highest BCUT2D eigenvalue weighted by Gasteiger charge is 2.32. The van der Waals surface area contributed by atoms with Crippen molar-refractivity contribution in [3.05, 3.63) is 88.5 Å². The van der Waals surface area contributed by atoms with Gasteiger partial charge < -0.3 is 0 Å². The van der Waals surface area contributed by atoms with Crippen molar-refractivity contribution in [2.75, 3.05) is 0 Å². The summed E-state index contributed by atoms with van der Waals surface area (Å²) in [6.07, 6.45) is -2.45. The van der Waals surface area contributed by atoms with Crippen LogP contribution in [0.15, 0.2) is 71.7 Å². The van der Waals surface area contributed by atoms with Gasteiger partial charge >= 0.3 is 6.18 Å². The third kappa shape index (κ3) is 3.95. The van der Waals surface area contributed by atoms with Gasteiger partial charge in [-0.15, -0.1) is 0 Å². The third-order valence-electron chi connectivity index (χ3n) is 5.42. The average molecular weight is 423 g/mol. The van der Waals surface area contributed by atoms with Gasteiger partial charge in [-0.3, -0.25) is 14.3 Å². The molecule has 0 aliphatic carbocycles. The molecule has 158 valence electrons. The standard InChI is InChI=1S/C24H20F3N3O/c1-3-15(2)16-8-11-18(12-9-16)30-22(17-10-13-21(28-14-17)24(25,26)27)29-20-7-5-4-6-19(20)23(30)31/h4-15H,3H2,1-2H3. The van der Waals surface area contributed by atoms with E-state index in [4.69, 9.17) is 0 Å². The van der Waals surface area contributed by atoms with Gasteiger partial charge in [-0.1, -0.05) is 38.1 Å². The van der Waals surface area contributed by atoms with Gasteiger partial charge in [0.25, 0.3) is 5.56 Å². The Morgan fingerprint density at radius 3 is 2.32 bits per heavy atom. The molecule has 2 heterocycles. The van der Waals surface area contributed by atoms with Gasteiger partial charge in [0.05, 0.1) is 16.6 Å². The van der Waals surface area contributed by atoms with Crippen LogP contribution >= 0.6 is 0 Å². The van der Waals surface area contributed by atoms with E-state index in [0.29, 0.717) is 28.1 Å². The lowest BCUT2D eigenvalue weighted by atomic mass is 9.98. The average Bonchev–Trinajstić information content (AvgIpc) is 2.78. The van der Waals surface area contributed by atoms with Crippen molar-refractivity contribution in [1.29, 1.82) is 0 Å². The molecule has 0 saturated carbocycles. The fourth-order valence-corrected chi connectivity index (χ4v) is 3.45. The van der Waals surface area contributed by atoms with E-state index in [-0.39, 0.29) is 11.4 Å². The normalized spacial score (nSPS) is 12.8. The van der Waals surface area contributed by atoms with E-state index >= 15 is 0 Å². The molecule has 0 N–H and O–H groups in total. The van der Waals surface area contributed by atoms with E-state index in [0.717, 1.165) is 24.2 Å². The number of halogens is 3. The molecule has 0 fully saturated rings. The summed E-state index contributed by atoms with van der Waals surface area (Å²) < 4.78 is 40.2. The topological polar surface area (TPSA) is 47.8 Å². The first kappa shape index (κ1) is 20.8. The van der Waals surface area contributed by atoms with Crippen molar-refractivity contribution >= 4 is 10.9 Å². The number of benzene rings is 2. The Morgan fingerprint density at radius 2 is 1.71 bits per heavy atom. The molecular formula is C24H20F3N3O. The first-order valence-electron chi connectivity index (χ1n) is 9.95. The zero-order valence-electron chi connectivity index (χ0n) is 17.0. The van der Waals surface area contributed by atoms with Crippen LogP contribution in [0.3, 0.4) is 0 Å². The Balaban J connectivity index is 1.93. The van der Waals surface area contributed by atoms with Crippen LogP contribution in [-0.4, -0.2) is 14.5 Å². The molecule has 0 aliphatic heterocycles. The lowest BCUT2D eigenvalue weighted by Crippen LogP contribution is -2.22. The third-order valence-corrected chi connectivity index (χ3v) is 5.42. The summed E-state index contributed by atoms with van der Waals surface area (Å²) in [6, 6.07) is 16.7. The minimum atomic E-state index is -4.54. The molecule has 7 heteroatoms. The van der Waals surface area contributed by atoms with Gasteiger partial charge in [0, 0.05) is 11.8 Å². The summed E-state index contributed by atoms with van der Waals surface area (Å²) in [5, 5.41) is 0.428. The first-order chi connectivity index (χ1) is 14.8. The van der Waals surface area contributed by atoms with Crippen LogP contribution in [0.2, 0.25) is 0 Å². The van der Waals surface area contributed by atoms with Gasteiger partial charge in [-0.05, 0) is 54.3 Å². The van der Waals surface area contributed by atoms with Crippen LogP contribution in [0.4, 0.5) is 13.2 Å². The van der Waals surface area contributed by atoms with Crippen molar-refractivity contribution in [3.63, 3.8) is 0 Å². The van der Waals surface area contributed by atoms with E-state index in [2.05, 4.69) is 23.8 Å². The van der Waals surface area contributed by atoms with Gasteiger partial charge in [0.15, 0.2) is 0 Å². The molecule has 0 spiro atoms. The Kier molecular flexibility index (Phi) is 5.35. The number of hydrogen-bond donors (Lipinski definition) is 0. The second kappa shape index (κ2) is 7.98. The van der Waals surface area contributed by atoms with Crippen LogP contribution < -0.4 is 5.56 Å². The van der Waals surface area contributed by atoms with Gasteiger partial charge in [-0.25, -0.2) is 4.98 Å². The molecule has 0 radical (unpaired) electrons. The zero-order chi connectivity index (χ0) is 22.2. The summed E-state index contributed by atoms with van der Waals surface area (Å²) in [7, 11) is 0. The number of rotatable bonds is 4. The molecule has 0 amide bonds. The van der Waals surface area contributed by atoms with Crippen LogP contribution in [0.1, 0.15) is 37.4 Å². The molecular weight excluding hydrogens is 403 g/mol. The highest BCUT2D eigenvalue weighted by Crippen LogP contribution is 2.29. The van der Waals surface area contributed by atoms with Crippen molar-refractivity contribution in [3.8, 4) is 17.1 Å². The number of hydrogen-bond acceptors (Lipinski definition) is 3. The largest absolute Gasteiger partial charge is 0.433 e. The first-order valence-corrected chi connectivity index (χ1v) is 9.95. The number of pyridine rings is 1. The van der Waals surface area contributed by atoms with Crippen molar-refractivity contribution in [2.45, 2.75) is 32.4 Å². The summed E-state index contributed by atoms with van der Waals surface area (Å²) in [4.78, 5) is 21.5. The van der Waals surface area contributed by atoms with E-state index in [1.165, 1.54) is 10.6 Å². The molecule has 2 aromatic carbocycles. The quantitative estimate of drug-likeness (QED) is 0.406. The molecule has 31 heavy (non-hydrogen) atoms. The van der Waals surface area contributed by atoms with Crippen molar-refractivity contribution < 1.29 is 13.2 Å². The van der Waals surface area contributed by atoms with Crippen molar-refractivity contribution in [1.82, 2.24) is 14.5 Å². The maximum absolute atomic E-state index is 13.3. The lowest BCUT2D eigenvalue weighted by Gasteiger charge is -2.16. The zero-order valence-corrected chi connectivity index (χ0v) is 17.0. The number of aromatic nitrogens is 3. The minimum absolute atomic E-state index is 0.237. The second-order valence-electron chi connectivity index (χ2n) is 7.42. The molecule has 0 aliphatic rings. The molecule has 4 aromatic rings. The second-order valence-corrected chi connectivity index (χ2v) is 7.42. The summed E-state index contributed by atoms with van der Waals surface area (Å²) in [5.41, 5.74) is 1.23. The Morgan fingerprint density at radius 1 is 1.00 bits per heavy atom. The van der Waals surface area contributed by atoms with Crippen LogP contribution in [0.25, 0.3) is 28.0 Å². The van der Waals surface area contributed by atoms with E-state index < -0.39 is 11.9 Å². The number of nitrogens with zero attached hydrogens (tertiary/aromatic N) is 3. The molecule has 4 rings (SSSR count).